The first-order chi connectivity index (χ1) is 17.3. The van der Waals surface area contributed by atoms with Crippen LogP contribution < -0.4 is 4.57 Å². The zero-order valence-corrected chi connectivity index (χ0v) is 22.7. The Hall–Kier alpha value is -3.39. The average molecular weight is 476 g/mol. The third kappa shape index (κ3) is 4.82. The van der Waals surface area contributed by atoms with Gasteiger partial charge in [-0.1, -0.05) is 75.7 Å². The molecule has 0 atom stereocenters. The van der Waals surface area contributed by atoms with E-state index in [2.05, 4.69) is 130 Å². The zero-order valence-electron chi connectivity index (χ0n) is 22.7. The Morgan fingerprint density at radius 1 is 0.806 bits per heavy atom. The molecule has 1 aromatic heterocycles. The molecule has 4 aromatic rings. The van der Waals surface area contributed by atoms with Gasteiger partial charge in [-0.15, -0.1) is 0 Å². The van der Waals surface area contributed by atoms with Crippen LogP contribution in [0.4, 0.5) is 0 Å². The van der Waals surface area contributed by atoms with Gasteiger partial charge in [-0.25, -0.2) is 4.57 Å². The van der Waals surface area contributed by atoms with E-state index in [9.17, 15) is 0 Å². The fraction of sp³-hybridized carbons (Fsp3) is 0.324. The van der Waals surface area contributed by atoms with E-state index in [0.717, 1.165) is 19.3 Å². The number of aromatic nitrogens is 2. The van der Waals surface area contributed by atoms with Crippen molar-refractivity contribution in [2.24, 2.45) is 18.9 Å². The number of imidazole rings is 1. The first-order valence-electron chi connectivity index (χ1n) is 13.4. The summed E-state index contributed by atoms with van der Waals surface area (Å²) in [5.74, 6) is 2.38. The summed E-state index contributed by atoms with van der Waals surface area (Å²) < 4.78 is 4.73. The van der Waals surface area contributed by atoms with Gasteiger partial charge in [0.25, 0.3) is 5.82 Å². The molecule has 5 rings (SSSR count). The molecule has 0 radical (unpaired) electrons. The third-order valence-electron chi connectivity index (χ3n) is 7.15. The number of allylic oxidation sites excluding steroid dienone is 1. The first-order valence-corrected chi connectivity index (χ1v) is 13.4. The van der Waals surface area contributed by atoms with E-state index in [-0.39, 0.29) is 0 Å². The van der Waals surface area contributed by atoms with Crippen molar-refractivity contribution in [2.75, 3.05) is 0 Å². The Kier molecular flexibility index (Phi) is 6.71. The van der Waals surface area contributed by atoms with Gasteiger partial charge >= 0.3 is 0 Å². The summed E-state index contributed by atoms with van der Waals surface area (Å²) in [5.41, 5.74) is 12.3. The highest BCUT2D eigenvalue weighted by molar-refractivity contribution is 5.72. The van der Waals surface area contributed by atoms with Gasteiger partial charge in [0.1, 0.15) is 18.1 Å². The van der Waals surface area contributed by atoms with E-state index in [1.54, 1.807) is 0 Å². The first kappa shape index (κ1) is 24.3. The number of fused-ring (bicyclic) bond motifs is 1. The van der Waals surface area contributed by atoms with Crippen LogP contribution in [0.5, 0.6) is 0 Å². The maximum atomic E-state index is 2.46. The maximum absolute atomic E-state index is 2.46. The Labute approximate surface area is 217 Å². The lowest BCUT2D eigenvalue weighted by atomic mass is 9.90. The highest BCUT2D eigenvalue weighted by atomic mass is 15.1. The lowest BCUT2D eigenvalue weighted by Crippen LogP contribution is -2.29. The summed E-state index contributed by atoms with van der Waals surface area (Å²) >= 11 is 0. The minimum absolute atomic E-state index is 0.572. The van der Waals surface area contributed by atoms with Crippen LogP contribution in [0.1, 0.15) is 56.9 Å². The summed E-state index contributed by atoms with van der Waals surface area (Å²) in [7, 11) is 2.17. The quantitative estimate of drug-likeness (QED) is 0.240. The van der Waals surface area contributed by atoms with Crippen LogP contribution in [-0.4, -0.2) is 4.57 Å². The molecule has 0 saturated carbocycles. The molecule has 184 valence electrons. The largest absolute Gasteiger partial charge is 0.293 e. The second-order valence-corrected chi connectivity index (χ2v) is 11.4. The van der Waals surface area contributed by atoms with Crippen LogP contribution >= 0.6 is 0 Å². The van der Waals surface area contributed by atoms with Gasteiger partial charge < -0.3 is 0 Å². The highest BCUT2D eigenvalue weighted by Gasteiger charge is 2.26. The minimum Gasteiger partial charge on any atom is -0.232 e. The number of nitrogens with zero attached hydrogens (tertiary/aromatic N) is 2. The molecule has 2 nitrogen and oxygen atoms in total. The number of aryl methyl sites for hydroxylation is 1. The van der Waals surface area contributed by atoms with Crippen molar-refractivity contribution < 1.29 is 4.57 Å². The standard InChI is InChI=1S/C34H39N2/c1-23(2)16-31-21-30(26-10-8-7-9-11-26)22-32(17-24(3)4)33(31)36-15-14-35(6)34(36)28-13-12-27-18-25(5)19-29(27)20-28/h7-15,19-24H,16-18H2,1-6H3/q+1. The van der Waals surface area contributed by atoms with Crippen molar-refractivity contribution >= 4 is 6.08 Å². The van der Waals surface area contributed by atoms with E-state index in [0.29, 0.717) is 11.8 Å². The lowest BCUT2D eigenvalue weighted by molar-refractivity contribution is -0.659. The topological polar surface area (TPSA) is 8.81 Å². The van der Waals surface area contributed by atoms with Gasteiger partial charge in [0.05, 0.1) is 12.6 Å². The van der Waals surface area contributed by atoms with Crippen molar-refractivity contribution in [3.8, 4) is 28.2 Å². The van der Waals surface area contributed by atoms with E-state index in [4.69, 9.17) is 0 Å². The highest BCUT2D eigenvalue weighted by Crippen LogP contribution is 2.35. The zero-order chi connectivity index (χ0) is 25.4. The van der Waals surface area contributed by atoms with Crippen LogP contribution in [0.15, 0.2) is 78.6 Å². The molecular formula is C34H39N2+. The second kappa shape index (κ2) is 9.93. The summed E-state index contributed by atoms with van der Waals surface area (Å²) in [5, 5.41) is 0. The average Bonchev–Trinajstić information content (AvgIpc) is 3.39. The smallest absolute Gasteiger partial charge is 0.232 e. The molecule has 0 amide bonds. The molecule has 0 spiro atoms. The van der Waals surface area contributed by atoms with E-state index in [1.807, 2.05) is 0 Å². The molecule has 1 aliphatic carbocycles. The van der Waals surface area contributed by atoms with Gasteiger partial charge in [-0.05, 0) is 84.5 Å². The molecule has 1 heterocycles. The Morgan fingerprint density at radius 2 is 1.47 bits per heavy atom. The van der Waals surface area contributed by atoms with Gasteiger partial charge in [-0.2, -0.15) is 4.57 Å². The molecule has 0 aliphatic heterocycles. The normalized spacial score (nSPS) is 12.9. The Balaban J connectivity index is 1.74. The number of benzene rings is 3. The van der Waals surface area contributed by atoms with Gasteiger partial charge in [0.2, 0.25) is 0 Å². The van der Waals surface area contributed by atoms with Crippen LogP contribution in [0.25, 0.3) is 34.3 Å². The molecule has 1 aliphatic rings. The van der Waals surface area contributed by atoms with Gasteiger partial charge in [0, 0.05) is 11.1 Å². The number of hydrogen-bond acceptors (Lipinski definition) is 0. The van der Waals surface area contributed by atoms with E-state index in [1.165, 1.54) is 56.0 Å². The van der Waals surface area contributed by atoms with E-state index < -0.39 is 0 Å². The fourth-order valence-corrected chi connectivity index (χ4v) is 5.70. The SMILES string of the molecule is CC1=Cc2cc(-c3n(-c4c(CC(C)C)cc(-c5ccccc5)cc4CC(C)C)cc[n+]3C)ccc2C1. The van der Waals surface area contributed by atoms with Crippen LogP contribution in [0.3, 0.4) is 0 Å². The number of hydrogen-bond donors (Lipinski definition) is 0. The van der Waals surface area contributed by atoms with Crippen molar-refractivity contribution in [1.29, 1.82) is 0 Å². The van der Waals surface area contributed by atoms with Crippen molar-refractivity contribution in [2.45, 2.75) is 53.9 Å². The van der Waals surface area contributed by atoms with Crippen molar-refractivity contribution in [1.82, 2.24) is 4.57 Å². The summed E-state index contributed by atoms with van der Waals surface area (Å²) in [6.45, 7) is 11.5. The molecule has 2 heteroatoms. The summed E-state index contributed by atoms with van der Waals surface area (Å²) in [4.78, 5) is 0. The summed E-state index contributed by atoms with van der Waals surface area (Å²) in [6, 6.07) is 22.7. The Bertz CT molecular complexity index is 1390. The van der Waals surface area contributed by atoms with E-state index >= 15 is 0 Å². The monoisotopic (exact) mass is 475 g/mol. The van der Waals surface area contributed by atoms with Crippen LogP contribution in [0, 0.1) is 11.8 Å². The third-order valence-corrected chi connectivity index (χ3v) is 7.15. The number of rotatable bonds is 7. The Morgan fingerprint density at radius 3 is 2.11 bits per heavy atom. The maximum Gasteiger partial charge on any atom is 0.293 e. The summed E-state index contributed by atoms with van der Waals surface area (Å²) in [6.07, 6.45) is 9.97. The van der Waals surface area contributed by atoms with Crippen molar-refractivity contribution in [3.63, 3.8) is 0 Å². The fourth-order valence-electron chi connectivity index (χ4n) is 5.70. The van der Waals surface area contributed by atoms with Gasteiger partial charge in [-0.3, -0.25) is 0 Å². The van der Waals surface area contributed by atoms with Crippen LogP contribution in [0.2, 0.25) is 0 Å². The second-order valence-electron chi connectivity index (χ2n) is 11.4. The molecular weight excluding hydrogens is 436 g/mol. The van der Waals surface area contributed by atoms with Crippen molar-refractivity contribution in [3.05, 3.63) is 101 Å². The molecule has 0 fully saturated rings. The molecule has 0 N–H and O–H groups in total. The molecule has 36 heavy (non-hydrogen) atoms. The molecule has 0 saturated heterocycles. The van der Waals surface area contributed by atoms with Crippen LogP contribution in [-0.2, 0) is 26.3 Å². The predicted octanol–water partition coefficient (Wildman–Crippen LogP) is 7.99. The predicted molar refractivity (Wildman–Crippen MR) is 152 cm³/mol. The molecule has 3 aromatic carbocycles. The minimum atomic E-state index is 0.572. The lowest BCUT2D eigenvalue weighted by Gasteiger charge is -2.19. The molecule has 0 unspecified atom stereocenters. The molecule has 0 bridgehead atoms. The van der Waals surface area contributed by atoms with Gasteiger partial charge in [0.15, 0.2) is 0 Å².